The molecular formula is C21H34O2Sn. The minimum absolute atomic E-state index is 0.366. The topological polar surface area (TPSA) is 37.3 Å². The van der Waals surface area contributed by atoms with E-state index in [1.54, 1.807) is 12.1 Å². The van der Waals surface area contributed by atoms with Crippen molar-refractivity contribution in [3.05, 3.63) is 39.5 Å². The molecule has 0 aliphatic carbocycles. The normalized spacial score (nSPS) is 12.0. The summed E-state index contributed by atoms with van der Waals surface area (Å²) in [4.78, 5) is 11.0. The number of benzene rings is 1. The van der Waals surface area contributed by atoms with Crippen molar-refractivity contribution in [1.29, 1.82) is 0 Å². The molecule has 0 saturated heterocycles. The molecule has 0 amide bonds. The second-order valence-corrected chi connectivity index (χ2v) is 19.9. The Labute approximate surface area is 152 Å². The number of carbonyl (C=O) groups is 1. The quantitative estimate of drug-likeness (QED) is 0.366. The molecule has 1 rings (SSSR count). The van der Waals surface area contributed by atoms with Crippen LogP contribution in [0.2, 0.25) is 13.3 Å². The van der Waals surface area contributed by atoms with Crippen LogP contribution in [0.4, 0.5) is 0 Å². The Hall–Kier alpha value is -0.771. The Morgan fingerprint density at radius 3 is 1.75 bits per heavy atom. The third kappa shape index (κ3) is 7.41. The molecule has 0 bridgehead atoms. The first-order valence-electron chi connectivity index (χ1n) is 9.59. The number of hydrogen-bond acceptors (Lipinski definition) is 1. The molecular weight excluding hydrogens is 403 g/mol. The van der Waals surface area contributed by atoms with Gasteiger partial charge in [0.05, 0.1) is 0 Å². The van der Waals surface area contributed by atoms with Gasteiger partial charge in [0.15, 0.2) is 0 Å². The summed E-state index contributed by atoms with van der Waals surface area (Å²) < 4.78 is 7.03. The molecule has 0 unspecified atom stereocenters. The molecule has 1 aromatic rings. The van der Waals surface area contributed by atoms with Gasteiger partial charge in [-0.15, -0.1) is 0 Å². The van der Waals surface area contributed by atoms with Crippen molar-refractivity contribution in [2.45, 2.75) is 72.6 Å². The Morgan fingerprint density at radius 1 is 0.917 bits per heavy atom. The van der Waals surface area contributed by atoms with E-state index in [-0.39, 0.29) is 0 Å². The van der Waals surface area contributed by atoms with E-state index < -0.39 is 24.3 Å². The predicted molar refractivity (Wildman–Crippen MR) is 107 cm³/mol. The number of aromatic carboxylic acids is 1. The third-order valence-corrected chi connectivity index (χ3v) is 18.9. The van der Waals surface area contributed by atoms with E-state index >= 15 is 0 Å². The number of unbranched alkanes of at least 4 members (excludes halogenated alkanes) is 3. The van der Waals surface area contributed by atoms with Gasteiger partial charge in [-0.2, -0.15) is 0 Å². The summed E-state index contributed by atoms with van der Waals surface area (Å²) in [5.74, 6) is -0.854. The Bertz CT molecular complexity index is 483. The molecule has 0 saturated carbocycles. The fraction of sp³-hybridized carbons (Fsp3) is 0.571. The van der Waals surface area contributed by atoms with Crippen LogP contribution in [0.15, 0.2) is 28.4 Å². The van der Waals surface area contributed by atoms with Crippen LogP contribution in [0.25, 0.3) is 6.08 Å². The first-order chi connectivity index (χ1) is 11.6. The summed E-state index contributed by atoms with van der Waals surface area (Å²) in [5.41, 5.74) is 1.51. The predicted octanol–water partition coefficient (Wildman–Crippen LogP) is 6.79. The molecule has 0 fully saturated rings. The molecule has 0 aromatic heterocycles. The van der Waals surface area contributed by atoms with Crippen LogP contribution >= 0.6 is 0 Å². The summed E-state index contributed by atoms with van der Waals surface area (Å²) in [6, 6.07) is 7.30. The maximum absolute atomic E-state index is 11.0. The van der Waals surface area contributed by atoms with Crippen LogP contribution in [-0.2, 0) is 0 Å². The third-order valence-electron chi connectivity index (χ3n) is 4.87. The fourth-order valence-electron chi connectivity index (χ4n) is 3.22. The molecule has 0 heterocycles. The molecule has 24 heavy (non-hydrogen) atoms. The van der Waals surface area contributed by atoms with Gasteiger partial charge < -0.3 is 0 Å². The zero-order valence-corrected chi connectivity index (χ0v) is 18.5. The van der Waals surface area contributed by atoms with E-state index in [1.807, 2.05) is 12.1 Å². The standard InChI is InChI=1S/C9H7O2.3C4H9.Sn/c1-2-7-3-5-8(6-4-7)9(10)11;3*1-3-4-2;/h1-6H,(H,10,11);3*1,3-4H2,2H3;. The first kappa shape index (κ1) is 21.3. The summed E-state index contributed by atoms with van der Waals surface area (Å²) in [6.07, 6.45) is 10.3. The second-order valence-electron chi connectivity index (χ2n) is 6.93. The van der Waals surface area contributed by atoms with Crippen LogP contribution in [0.1, 0.15) is 75.2 Å². The van der Waals surface area contributed by atoms with Gasteiger partial charge in [0.25, 0.3) is 0 Å². The summed E-state index contributed by atoms with van der Waals surface area (Å²) >= 11 is -2.23. The number of carboxylic acids is 1. The van der Waals surface area contributed by atoms with Crippen LogP contribution in [0, 0.1) is 0 Å². The van der Waals surface area contributed by atoms with Crippen molar-refractivity contribution in [2.75, 3.05) is 0 Å². The molecule has 0 spiro atoms. The van der Waals surface area contributed by atoms with Gasteiger partial charge in [0.2, 0.25) is 0 Å². The Balaban J connectivity index is 2.95. The first-order valence-corrected chi connectivity index (χ1v) is 17.3. The average molecular weight is 437 g/mol. The second kappa shape index (κ2) is 11.7. The van der Waals surface area contributed by atoms with Crippen LogP contribution in [0.3, 0.4) is 0 Å². The van der Waals surface area contributed by atoms with Gasteiger partial charge in [-0.05, 0) is 0 Å². The molecule has 2 nitrogen and oxygen atoms in total. The summed E-state index contributed by atoms with van der Waals surface area (Å²) in [7, 11) is 0. The van der Waals surface area contributed by atoms with Gasteiger partial charge in [-0.3, -0.25) is 0 Å². The van der Waals surface area contributed by atoms with Gasteiger partial charge in [-0.1, -0.05) is 0 Å². The van der Waals surface area contributed by atoms with Gasteiger partial charge in [-0.25, -0.2) is 0 Å². The van der Waals surface area contributed by atoms with Crippen LogP contribution < -0.4 is 0 Å². The number of carboxylic acid groups (broad SMARTS) is 1. The molecule has 1 N–H and O–H groups in total. The summed E-state index contributed by atoms with van der Waals surface area (Å²) in [5, 5.41) is 9.02. The molecule has 0 aliphatic rings. The fourth-order valence-corrected chi connectivity index (χ4v) is 17.4. The molecule has 1 aromatic carbocycles. The van der Waals surface area contributed by atoms with E-state index in [9.17, 15) is 4.79 Å². The molecule has 134 valence electrons. The van der Waals surface area contributed by atoms with Crippen molar-refractivity contribution < 1.29 is 9.90 Å². The number of hydrogen-bond donors (Lipinski definition) is 1. The van der Waals surface area contributed by atoms with Crippen molar-refractivity contribution in [2.24, 2.45) is 0 Å². The maximum atomic E-state index is 11.0. The average Bonchev–Trinajstić information content (AvgIpc) is 2.61. The monoisotopic (exact) mass is 438 g/mol. The Morgan fingerprint density at radius 2 is 1.38 bits per heavy atom. The zero-order valence-electron chi connectivity index (χ0n) is 15.7. The SMILES string of the molecule is CCC[CH2][Sn]([CH]=Cc1ccc(C(=O)O)cc1)([CH2]CCC)[CH2]CCC. The molecule has 3 heteroatoms. The Kier molecular flexibility index (Phi) is 10.4. The van der Waals surface area contributed by atoms with Crippen molar-refractivity contribution in [1.82, 2.24) is 0 Å². The van der Waals surface area contributed by atoms with Crippen molar-refractivity contribution in [3.63, 3.8) is 0 Å². The molecule has 0 aliphatic heterocycles. The van der Waals surface area contributed by atoms with E-state index in [0.29, 0.717) is 5.56 Å². The van der Waals surface area contributed by atoms with E-state index in [1.165, 1.54) is 51.8 Å². The molecule has 0 radical (unpaired) electrons. The minimum atomic E-state index is -2.23. The van der Waals surface area contributed by atoms with Crippen LogP contribution in [0.5, 0.6) is 0 Å². The molecule has 0 atom stereocenters. The van der Waals surface area contributed by atoms with Crippen LogP contribution in [-0.4, -0.2) is 29.5 Å². The number of rotatable bonds is 12. The van der Waals surface area contributed by atoms with E-state index in [2.05, 4.69) is 30.9 Å². The summed E-state index contributed by atoms with van der Waals surface area (Å²) in [6.45, 7) is 6.89. The van der Waals surface area contributed by atoms with E-state index in [0.717, 1.165) is 5.56 Å². The zero-order chi connectivity index (χ0) is 17.8. The van der Waals surface area contributed by atoms with Gasteiger partial charge in [0, 0.05) is 0 Å². The van der Waals surface area contributed by atoms with Gasteiger partial charge in [0.1, 0.15) is 0 Å². The van der Waals surface area contributed by atoms with E-state index in [4.69, 9.17) is 5.11 Å². The van der Waals surface area contributed by atoms with Crippen molar-refractivity contribution >= 4 is 30.4 Å². The van der Waals surface area contributed by atoms with Gasteiger partial charge >= 0.3 is 152 Å². The van der Waals surface area contributed by atoms with Crippen molar-refractivity contribution in [3.8, 4) is 0 Å².